The second-order valence-corrected chi connectivity index (χ2v) is 9.36. The molecular weight excluding hydrogens is 380 g/mol. The lowest BCUT2D eigenvalue weighted by molar-refractivity contribution is -0.118. The summed E-state index contributed by atoms with van der Waals surface area (Å²) < 4.78 is 0. The van der Waals surface area contributed by atoms with Crippen LogP contribution in [0.15, 0.2) is 53.4 Å². The summed E-state index contributed by atoms with van der Waals surface area (Å²) in [5.74, 6) is -0.119. The Kier molecular flexibility index (Phi) is 7.33. The van der Waals surface area contributed by atoms with E-state index in [1.807, 2.05) is 64.1 Å². The molecule has 144 valence electrons. The quantitative estimate of drug-likeness (QED) is 0.595. The molecule has 0 aromatic heterocycles. The number of thioether (sulfide) groups is 1. The van der Waals surface area contributed by atoms with E-state index in [0.717, 1.165) is 10.6 Å². The first-order chi connectivity index (χ1) is 12.6. The Morgan fingerprint density at radius 1 is 1.04 bits per heavy atom. The molecule has 1 atom stereocenters. The van der Waals surface area contributed by atoms with Crippen molar-refractivity contribution in [2.75, 3.05) is 10.6 Å². The zero-order valence-electron chi connectivity index (χ0n) is 16.0. The summed E-state index contributed by atoms with van der Waals surface area (Å²) in [5.41, 5.74) is 1.31. The van der Waals surface area contributed by atoms with Gasteiger partial charge in [0.1, 0.15) is 0 Å². The summed E-state index contributed by atoms with van der Waals surface area (Å²) in [4.78, 5) is 25.3. The number of benzene rings is 2. The molecule has 0 aliphatic carbocycles. The summed E-state index contributed by atoms with van der Waals surface area (Å²) >= 11 is 7.52. The number of halogens is 1. The molecule has 0 fully saturated rings. The number of amides is 2. The van der Waals surface area contributed by atoms with Crippen molar-refractivity contribution >= 4 is 46.6 Å². The monoisotopic (exact) mass is 404 g/mol. The summed E-state index contributed by atoms with van der Waals surface area (Å²) in [7, 11) is 0. The van der Waals surface area contributed by atoms with E-state index in [4.69, 9.17) is 11.6 Å². The molecule has 0 saturated heterocycles. The molecule has 2 aromatic carbocycles. The van der Waals surface area contributed by atoms with E-state index in [9.17, 15) is 9.59 Å². The molecule has 0 heterocycles. The van der Waals surface area contributed by atoms with Gasteiger partial charge in [-0.3, -0.25) is 9.59 Å². The average Bonchev–Trinajstić information content (AvgIpc) is 2.57. The second kappa shape index (κ2) is 9.29. The minimum absolute atomic E-state index is 0.00427. The summed E-state index contributed by atoms with van der Waals surface area (Å²) in [5, 5.41) is 5.96. The molecule has 1 unspecified atom stereocenters. The van der Waals surface area contributed by atoms with Gasteiger partial charge in [-0.15, -0.1) is 11.8 Å². The highest BCUT2D eigenvalue weighted by molar-refractivity contribution is 8.00. The zero-order chi connectivity index (χ0) is 20.0. The van der Waals surface area contributed by atoms with Crippen molar-refractivity contribution < 1.29 is 9.59 Å². The Hall–Kier alpha value is -1.98. The highest BCUT2D eigenvalue weighted by Gasteiger charge is 2.17. The van der Waals surface area contributed by atoms with Crippen molar-refractivity contribution in [3.05, 3.63) is 53.6 Å². The number of para-hydroxylation sites is 1. The third kappa shape index (κ3) is 7.27. The predicted molar refractivity (Wildman–Crippen MR) is 115 cm³/mol. The number of rotatable bonds is 6. The van der Waals surface area contributed by atoms with Crippen LogP contribution in [0.5, 0.6) is 0 Å². The van der Waals surface area contributed by atoms with E-state index >= 15 is 0 Å². The zero-order valence-corrected chi connectivity index (χ0v) is 17.6. The highest BCUT2D eigenvalue weighted by atomic mass is 35.5. The molecule has 4 nitrogen and oxygen atoms in total. The Morgan fingerprint density at radius 2 is 1.67 bits per heavy atom. The van der Waals surface area contributed by atoms with Gasteiger partial charge in [0.05, 0.1) is 16.0 Å². The minimum atomic E-state index is -0.289. The van der Waals surface area contributed by atoms with Gasteiger partial charge in [-0.05, 0) is 48.7 Å². The van der Waals surface area contributed by atoms with Gasteiger partial charge in [0.25, 0.3) is 0 Å². The first-order valence-electron chi connectivity index (χ1n) is 8.76. The van der Waals surface area contributed by atoms with Gasteiger partial charge in [-0.25, -0.2) is 0 Å². The number of carbonyl (C=O) groups excluding carboxylic acids is 2. The molecule has 2 aromatic rings. The lowest BCUT2D eigenvalue weighted by Gasteiger charge is -2.17. The van der Waals surface area contributed by atoms with E-state index in [1.165, 1.54) is 11.8 Å². The molecule has 0 aliphatic rings. The first kappa shape index (κ1) is 21.3. The minimum Gasteiger partial charge on any atom is -0.326 e. The van der Waals surface area contributed by atoms with Crippen molar-refractivity contribution in [3.8, 4) is 0 Å². The fourth-order valence-electron chi connectivity index (χ4n) is 2.36. The molecule has 0 radical (unpaired) electrons. The highest BCUT2D eigenvalue weighted by Crippen LogP contribution is 2.27. The third-order valence-corrected chi connectivity index (χ3v) is 5.08. The van der Waals surface area contributed by atoms with Gasteiger partial charge < -0.3 is 10.6 Å². The van der Waals surface area contributed by atoms with E-state index in [0.29, 0.717) is 17.1 Å². The van der Waals surface area contributed by atoms with Gasteiger partial charge >= 0.3 is 0 Å². The standard InChI is InChI=1S/C21H25ClN2O2S/c1-14(20(26)24-18-8-6-5-7-17(18)22)27-16-11-9-15(10-12-16)23-19(25)13-21(2,3)4/h5-12,14H,13H2,1-4H3,(H,23,25)(H,24,26). The van der Waals surface area contributed by atoms with E-state index in [-0.39, 0.29) is 22.5 Å². The molecule has 27 heavy (non-hydrogen) atoms. The summed E-state index contributed by atoms with van der Waals surface area (Å²) in [6, 6.07) is 14.6. The number of hydrogen-bond donors (Lipinski definition) is 2. The second-order valence-electron chi connectivity index (χ2n) is 7.54. The van der Waals surface area contributed by atoms with E-state index in [1.54, 1.807) is 12.1 Å². The van der Waals surface area contributed by atoms with Crippen LogP contribution in [-0.4, -0.2) is 17.1 Å². The first-order valence-corrected chi connectivity index (χ1v) is 10.0. The van der Waals surface area contributed by atoms with Crippen molar-refractivity contribution in [1.29, 1.82) is 0 Å². The fraction of sp³-hybridized carbons (Fsp3) is 0.333. The molecule has 2 N–H and O–H groups in total. The molecule has 0 spiro atoms. The molecule has 2 amide bonds. The van der Waals surface area contributed by atoms with Crippen LogP contribution in [0.4, 0.5) is 11.4 Å². The van der Waals surface area contributed by atoms with Gasteiger partial charge in [0, 0.05) is 17.0 Å². The van der Waals surface area contributed by atoms with Gasteiger partial charge in [0.2, 0.25) is 11.8 Å². The SMILES string of the molecule is CC(Sc1ccc(NC(=O)CC(C)(C)C)cc1)C(=O)Nc1ccccc1Cl. The Labute approximate surface area is 170 Å². The van der Waals surface area contributed by atoms with Crippen LogP contribution >= 0.6 is 23.4 Å². The molecule has 0 bridgehead atoms. The Bertz CT molecular complexity index is 801. The van der Waals surface area contributed by atoms with Gasteiger partial charge in [-0.1, -0.05) is 44.5 Å². The van der Waals surface area contributed by atoms with Crippen molar-refractivity contribution in [2.24, 2.45) is 5.41 Å². The van der Waals surface area contributed by atoms with Crippen LogP contribution in [0.2, 0.25) is 5.02 Å². The van der Waals surface area contributed by atoms with Crippen molar-refractivity contribution in [1.82, 2.24) is 0 Å². The fourth-order valence-corrected chi connectivity index (χ4v) is 3.41. The van der Waals surface area contributed by atoms with E-state index in [2.05, 4.69) is 10.6 Å². The maximum atomic E-state index is 12.4. The molecule has 0 saturated carbocycles. The Balaban J connectivity index is 1.90. The molecule has 2 rings (SSSR count). The van der Waals surface area contributed by atoms with E-state index < -0.39 is 0 Å². The number of hydrogen-bond acceptors (Lipinski definition) is 3. The third-order valence-electron chi connectivity index (χ3n) is 3.64. The lowest BCUT2D eigenvalue weighted by Crippen LogP contribution is -2.22. The van der Waals surface area contributed by atoms with Crippen LogP contribution < -0.4 is 10.6 Å². The van der Waals surface area contributed by atoms with Crippen molar-refractivity contribution in [3.63, 3.8) is 0 Å². The van der Waals surface area contributed by atoms with Gasteiger partial charge in [0.15, 0.2) is 0 Å². The molecular formula is C21H25ClN2O2S. The van der Waals surface area contributed by atoms with Crippen LogP contribution in [0, 0.1) is 5.41 Å². The number of nitrogens with one attached hydrogen (secondary N) is 2. The maximum absolute atomic E-state index is 12.4. The predicted octanol–water partition coefficient (Wildman–Crippen LogP) is 5.83. The normalized spacial score (nSPS) is 12.3. The van der Waals surface area contributed by atoms with Crippen LogP contribution in [0.1, 0.15) is 34.1 Å². The van der Waals surface area contributed by atoms with Crippen LogP contribution in [0.3, 0.4) is 0 Å². The average molecular weight is 405 g/mol. The molecule has 6 heteroatoms. The summed E-state index contributed by atoms with van der Waals surface area (Å²) in [6.07, 6.45) is 0.461. The summed E-state index contributed by atoms with van der Waals surface area (Å²) in [6.45, 7) is 7.93. The number of anilines is 2. The number of carbonyl (C=O) groups is 2. The largest absolute Gasteiger partial charge is 0.326 e. The smallest absolute Gasteiger partial charge is 0.237 e. The van der Waals surface area contributed by atoms with Crippen molar-refractivity contribution in [2.45, 2.75) is 44.3 Å². The van der Waals surface area contributed by atoms with Crippen LogP contribution in [0.25, 0.3) is 0 Å². The van der Waals surface area contributed by atoms with Gasteiger partial charge in [-0.2, -0.15) is 0 Å². The lowest BCUT2D eigenvalue weighted by atomic mass is 9.92. The maximum Gasteiger partial charge on any atom is 0.237 e. The topological polar surface area (TPSA) is 58.2 Å². The Morgan fingerprint density at radius 3 is 2.26 bits per heavy atom. The molecule has 0 aliphatic heterocycles. The van der Waals surface area contributed by atoms with Crippen LogP contribution in [-0.2, 0) is 9.59 Å².